The van der Waals surface area contributed by atoms with E-state index in [9.17, 15) is 4.79 Å². The van der Waals surface area contributed by atoms with Crippen molar-refractivity contribution >= 4 is 11.7 Å². The smallest absolute Gasteiger partial charge is 0.305 e. The Morgan fingerprint density at radius 2 is 2.15 bits per heavy atom. The monoisotopic (exact) mass is 450 g/mol. The number of nitrogens with one attached hydrogen (secondary N) is 1. The van der Waals surface area contributed by atoms with E-state index in [1.807, 2.05) is 38.1 Å². The molecule has 3 aromatic rings. The van der Waals surface area contributed by atoms with Crippen LogP contribution in [0.4, 0.5) is 5.69 Å². The Bertz CT molecular complexity index is 1130. The molecule has 0 spiro atoms. The van der Waals surface area contributed by atoms with Gasteiger partial charge in [0.2, 0.25) is 5.82 Å². The lowest BCUT2D eigenvalue weighted by Crippen LogP contribution is -2.21. The maximum Gasteiger partial charge on any atom is 0.305 e. The molecule has 1 aliphatic rings. The van der Waals surface area contributed by atoms with Crippen LogP contribution in [-0.2, 0) is 16.0 Å². The summed E-state index contributed by atoms with van der Waals surface area (Å²) < 4.78 is 16.0. The van der Waals surface area contributed by atoms with Gasteiger partial charge in [-0.05, 0) is 69.0 Å². The SMILES string of the molecule is COC(=O)CCCNC1CCc2c(-c3noc(-c4ccc(OC(C)C)c(N)c4)n3)cccc21. The van der Waals surface area contributed by atoms with Crippen molar-refractivity contribution in [2.75, 3.05) is 19.4 Å². The molecule has 3 N–H and O–H groups in total. The van der Waals surface area contributed by atoms with E-state index in [0.29, 0.717) is 29.6 Å². The van der Waals surface area contributed by atoms with Crippen LogP contribution in [0, 0.1) is 0 Å². The maximum atomic E-state index is 11.3. The van der Waals surface area contributed by atoms with Crippen LogP contribution in [0.2, 0.25) is 0 Å². The van der Waals surface area contributed by atoms with Crippen molar-refractivity contribution in [1.29, 1.82) is 0 Å². The molecule has 1 unspecified atom stereocenters. The molecule has 174 valence electrons. The van der Waals surface area contributed by atoms with E-state index in [1.54, 1.807) is 6.07 Å². The van der Waals surface area contributed by atoms with Crippen LogP contribution in [0.15, 0.2) is 40.9 Å². The van der Waals surface area contributed by atoms with Crippen LogP contribution in [0.3, 0.4) is 0 Å². The Kier molecular flexibility index (Phi) is 6.93. The lowest BCUT2D eigenvalue weighted by atomic mass is 10.0. The molecule has 0 saturated carbocycles. The number of anilines is 1. The molecular weight excluding hydrogens is 420 g/mol. The van der Waals surface area contributed by atoms with Crippen LogP contribution >= 0.6 is 0 Å². The zero-order valence-electron chi connectivity index (χ0n) is 19.3. The van der Waals surface area contributed by atoms with Gasteiger partial charge < -0.3 is 25.0 Å². The van der Waals surface area contributed by atoms with Crippen LogP contribution < -0.4 is 15.8 Å². The zero-order valence-corrected chi connectivity index (χ0v) is 19.3. The highest BCUT2D eigenvalue weighted by Gasteiger charge is 2.26. The molecule has 2 aromatic carbocycles. The van der Waals surface area contributed by atoms with Gasteiger partial charge in [-0.3, -0.25) is 4.79 Å². The fraction of sp³-hybridized carbons (Fsp3) is 0.400. The first-order valence-corrected chi connectivity index (χ1v) is 11.3. The topological polar surface area (TPSA) is 112 Å². The largest absolute Gasteiger partial charge is 0.489 e. The quantitative estimate of drug-likeness (QED) is 0.282. The predicted molar refractivity (Wildman–Crippen MR) is 126 cm³/mol. The number of carbonyl (C=O) groups excluding carboxylic acids is 1. The summed E-state index contributed by atoms with van der Waals surface area (Å²) in [4.78, 5) is 15.9. The van der Waals surface area contributed by atoms with Crippen LogP contribution in [0.5, 0.6) is 5.75 Å². The van der Waals surface area contributed by atoms with Crippen molar-refractivity contribution < 1.29 is 18.8 Å². The third kappa shape index (κ3) is 5.17. The summed E-state index contributed by atoms with van der Waals surface area (Å²) in [6, 6.07) is 11.9. The maximum absolute atomic E-state index is 11.3. The van der Waals surface area contributed by atoms with Gasteiger partial charge >= 0.3 is 5.97 Å². The Morgan fingerprint density at radius 1 is 1.30 bits per heavy atom. The lowest BCUT2D eigenvalue weighted by Gasteiger charge is -2.14. The second-order valence-electron chi connectivity index (χ2n) is 8.44. The first kappa shape index (κ1) is 22.8. The van der Waals surface area contributed by atoms with Gasteiger partial charge in [0, 0.05) is 23.6 Å². The van der Waals surface area contributed by atoms with E-state index < -0.39 is 0 Å². The first-order chi connectivity index (χ1) is 16.0. The Labute approximate surface area is 193 Å². The fourth-order valence-electron chi connectivity index (χ4n) is 4.18. The number of nitrogen functional groups attached to an aromatic ring is 1. The molecule has 0 fully saturated rings. The number of carbonyl (C=O) groups is 1. The van der Waals surface area contributed by atoms with Crippen molar-refractivity contribution in [2.45, 2.75) is 51.7 Å². The fourth-order valence-corrected chi connectivity index (χ4v) is 4.18. The number of nitrogens with two attached hydrogens (primary N) is 1. The van der Waals surface area contributed by atoms with Gasteiger partial charge in [0.1, 0.15) is 5.75 Å². The minimum Gasteiger partial charge on any atom is -0.489 e. The summed E-state index contributed by atoms with van der Waals surface area (Å²) in [6.45, 7) is 4.67. The molecule has 8 nitrogen and oxygen atoms in total. The molecule has 0 amide bonds. The summed E-state index contributed by atoms with van der Waals surface area (Å²) in [5.41, 5.74) is 10.9. The van der Waals surface area contributed by atoms with E-state index >= 15 is 0 Å². The number of ether oxygens (including phenoxy) is 2. The first-order valence-electron chi connectivity index (χ1n) is 11.3. The molecule has 1 atom stereocenters. The molecule has 33 heavy (non-hydrogen) atoms. The van der Waals surface area contributed by atoms with E-state index in [-0.39, 0.29) is 18.1 Å². The van der Waals surface area contributed by atoms with Gasteiger partial charge in [0.15, 0.2) is 0 Å². The normalized spacial score (nSPS) is 15.0. The molecule has 0 aliphatic heterocycles. The van der Waals surface area contributed by atoms with Crippen LogP contribution in [-0.4, -0.2) is 35.9 Å². The van der Waals surface area contributed by atoms with Crippen LogP contribution in [0.1, 0.15) is 50.3 Å². The minimum absolute atomic E-state index is 0.0412. The number of esters is 1. The molecule has 1 aromatic heterocycles. The molecule has 8 heteroatoms. The van der Waals surface area contributed by atoms with Gasteiger partial charge in [0.05, 0.1) is 18.9 Å². The van der Waals surface area contributed by atoms with Crippen LogP contribution in [0.25, 0.3) is 22.8 Å². The van der Waals surface area contributed by atoms with Gasteiger partial charge in [-0.15, -0.1) is 0 Å². The van der Waals surface area contributed by atoms with Crippen molar-refractivity contribution in [1.82, 2.24) is 15.5 Å². The number of fused-ring (bicyclic) bond motifs is 1. The Balaban J connectivity index is 1.49. The highest BCUT2D eigenvalue weighted by Crippen LogP contribution is 2.37. The predicted octanol–water partition coefficient (Wildman–Crippen LogP) is 4.30. The van der Waals surface area contributed by atoms with E-state index in [0.717, 1.165) is 36.9 Å². The number of benzene rings is 2. The number of hydrogen-bond donors (Lipinski definition) is 2. The average molecular weight is 451 g/mol. The molecule has 1 heterocycles. The summed E-state index contributed by atoms with van der Waals surface area (Å²) >= 11 is 0. The molecule has 0 bridgehead atoms. The van der Waals surface area contributed by atoms with Crippen molar-refractivity contribution in [3.63, 3.8) is 0 Å². The second-order valence-corrected chi connectivity index (χ2v) is 8.44. The van der Waals surface area contributed by atoms with Gasteiger partial charge in [-0.25, -0.2) is 0 Å². The number of nitrogens with zero attached hydrogens (tertiary/aromatic N) is 2. The van der Waals surface area contributed by atoms with Crippen molar-refractivity contribution in [3.05, 3.63) is 47.5 Å². The minimum atomic E-state index is -0.178. The summed E-state index contributed by atoms with van der Waals surface area (Å²) in [6.07, 6.45) is 3.13. The summed E-state index contributed by atoms with van der Waals surface area (Å²) in [5.74, 6) is 1.44. The van der Waals surface area contributed by atoms with E-state index in [4.69, 9.17) is 19.7 Å². The Hall–Kier alpha value is -3.39. The molecular formula is C25H30N4O4. The second kappa shape index (κ2) is 10.0. The summed E-state index contributed by atoms with van der Waals surface area (Å²) in [5, 5.41) is 7.79. The summed E-state index contributed by atoms with van der Waals surface area (Å²) in [7, 11) is 1.42. The number of methoxy groups -OCH3 is 1. The third-order valence-corrected chi connectivity index (χ3v) is 5.73. The van der Waals surface area contributed by atoms with Gasteiger partial charge in [-0.1, -0.05) is 23.4 Å². The van der Waals surface area contributed by atoms with E-state index in [2.05, 4.69) is 21.5 Å². The highest BCUT2D eigenvalue weighted by molar-refractivity contribution is 5.69. The standard InChI is InChI=1S/C25H30N4O4/c1-15(2)32-22-12-9-16(14-20(22)26)25-28-24(29-33-25)19-7-4-6-18-17(19)10-11-21(18)27-13-5-8-23(30)31-3/h4,6-7,9,12,14-15,21,27H,5,8,10-11,13,26H2,1-3H3. The van der Waals surface area contributed by atoms with Crippen molar-refractivity contribution in [2.24, 2.45) is 0 Å². The van der Waals surface area contributed by atoms with Gasteiger partial charge in [0.25, 0.3) is 5.89 Å². The van der Waals surface area contributed by atoms with Crippen molar-refractivity contribution in [3.8, 4) is 28.6 Å². The number of aromatic nitrogens is 2. The molecule has 0 saturated heterocycles. The van der Waals surface area contributed by atoms with Gasteiger partial charge in [-0.2, -0.15) is 4.98 Å². The molecule has 0 radical (unpaired) electrons. The molecule has 4 rings (SSSR count). The Morgan fingerprint density at radius 3 is 2.91 bits per heavy atom. The number of hydrogen-bond acceptors (Lipinski definition) is 8. The highest BCUT2D eigenvalue weighted by atomic mass is 16.5. The third-order valence-electron chi connectivity index (χ3n) is 5.73. The molecule has 1 aliphatic carbocycles. The zero-order chi connectivity index (χ0) is 23.4. The number of rotatable bonds is 9. The lowest BCUT2D eigenvalue weighted by molar-refractivity contribution is -0.140. The van der Waals surface area contributed by atoms with E-state index in [1.165, 1.54) is 18.2 Å². The average Bonchev–Trinajstić information content (AvgIpc) is 3.45.